The SMILES string of the molecule is CCNCc1ccc(S(=O)(=O)N(C)CC)s1. The lowest BCUT2D eigenvalue weighted by molar-refractivity contribution is 0.488. The maximum atomic E-state index is 12.0. The molecule has 0 unspecified atom stereocenters. The largest absolute Gasteiger partial charge is 0.312 e. The number of nitrogens with zero attached hydrogens (tertiary/aromatic N) is 1. The highest BCUT2D eigenvalue weighted by atomic mass is 32.2. The molecule has 6 heteroatoms. The Morgan fingerprint density at radius 3 is 2.62 bits per heavy atom. The van der Waals surface area contributed by atoms with E-state index in [9.17, 15) is 8.42 Å². The maximum Gasteiger partial charge on any atom is 0.252 e. The molecule has 0 fully saturated rings. The first-order valence-corrected chi connectivity index (χ1v) is 7.53. The molecule has 0 atom stereocenters. The van der Waals surface area contributed by atoms with Gasteiger partial charge in [0.25, 0.3) is 10.0 Å². The van der Waals surface area contributed by atoms with Crippen LogP contribution >= 0.6 is 11.3 Å². The molecule has 0 saturated carbocycles. The Bertz CT molecular complexity index is 426. The maximum absolute atomic E-state index is 12.0. The van der Waals surface area contributed by atoms with E-state index in [1.807, 2.05) is 19.9 Å². The van der Waals surface area contributed by atoms with Crippen molar-refractivity contribution in [2.75, 3.05) is 20.1 Å². The number of thiophene rings is 1. The van der Waals surface area contributed by atoms with Gasteiger partial charge in [-0.2, -0.15) is 0 Å². The van der Waals surface area contributed by atoms with Gasteiger partial charge in [-0.15, -0.1) is 11.3 Å². The van der Waals surface area contributed by atoms with E-state index in [0.717, 1.165) is 18.0 Å². The second-order valence-electron chi connectivity index (χ2n) is 3.42. The second kappa shape index (κ2) is 5.77. The van der Waals surface area contributed by atoms with Crippen LogP contribution in [-0.2, 0) is 16.6 Å². The third-order valence-corrected chi connectivity index (χ3v) is 5.78. The number of sulfonamides is 1. The van der Waals surface area contributed by atoms with Crippen LogP contribution in [0.3, 0.4) is 0 Å². The molecular formula is C10H18N2O2S2. The van der Waals surface area contributed by atoms with Gasteiger partial charge >= 0.3 is 0 Å². The van der Waals surface area contributed by atoms with Crippen LogP contribution in [0.4, 0.5) is 0 Å². The zero-order valence-electron chi connectivity index (χ0n) is 9.86. The highest BCUT2D eigenvalue weighted by Gasteiger charge is 2.21. The molecule has 16 heavy (non-hydrogen) atoms. The molecule has 0 aliphatic heterocycles. The third-order valence-electron chi connectivity index (χ3n) is 2.30. The molecule has 0 amide bonds. The van der Waals surface area contributed by atoms with Crippen LogP contribution in [0.2, 0.25) is 0 Å². The topological polar surface area (TPSA) is 49.4 Å². The highest BCUT2D eigenvalue weighted by Crippen LogP contribution is 2.23. The molecular weight excluding hydrogens is 244 g/mol. The number of nitrogens with one attached hydrogen (secondary N) is 1. The minimum Gasteiger partial charge on any atom is -0.312 e. The van der Waals surface area contributed by atoms with Crippen LogP contribution in [0.1, 0.15) is 18.7 Å². The lowest BCUT2D eigenvalue weighted by Crippen LogP contribution is -2.25. The molecule has 92 valence electrons. The van der Waals surface area contributed by atoms with Gasteiger partial charge < -0.3 is 5.32 Å². The second-order valence-corrected chi connectivity index (χ2v) is 6.86. The summed E-state index contributed by atoms with van der Waals surface area (Å²) >= 11 is 1.33. The Hall–Kier alpha value is -0.430. The predicted octanol–water partition coefficient (Wildman–Crippen LogP) is 1.50. The molecule has 1 rings (SSSR count). The first-order valence-electron chi connectivity index (χ1n) is 5.28. The lowest BCUT2D eigenvalue weighted by Gasteiger charge is -2.12. The summed E-state index contributed by atoms with van der Waals surface area (Å²) < 4.78 is 25.7. The fourth-order valence-corrected chi connectivity index (χ4v) is 3.88. The summed E-state index contributed by atoms with van der Waals surface area (Å²) in [5.74, 6) is 0. The molecule has 0 radical (unpaired) electrons. The van der Waals surface area contributed by atoms with Crippen LogP contribution in [0.15, 0.2) is 16.3 Å². The van der Waals surface area contributed by atoms with Crippen molar-refractivity contribution in [2.45, 2.75) is 24.6 Å². The molecule has 1 N–H and O–H groups in total. The van der Waals surface area contributed by atoms with E-state index in [0.29, 0.717) is 10.8 Å². The van der Waals surface area contributed by atoms with Crippen molar-refractivity contribution in [3.63, 3.8) is 0 Å². The molecule has 0 aliphatic carbocycles. The molecule has 0 bridgehead atoms. The molecule has 0 aromatic carbocycles. The Labute approximate surface area is 101 Å². The third kappa shape index (κ3) is 3.04. The van der Waals surface area contributed by atoms with Gasteiger partial charge in [0, 0.05) is 25.0 Å². The van der Waals surface area contributed by atoms with Crippen molar-refractivity contribution in [3.8, 4) is 0 Å². The van der Waals surface area contributed by atoms with E-state index in [4.69, 9.17) is 0 Å². The average Bonchev–Trinajstić information content (AvgIpc) is 2.74. The lowest BCUT2D eigenvalue weighted by atomic mass is 10.4. The predicted molar refractivity (Wildman–Crippen MR) is 67.2 cm³/mol. The van der Waals surface area contributed by atoms with E-state index >= 15 is 0 Å². The van der Waals surface area contributed by atoms with Crippen molar-refractivity contribution < 1.29 is 8.42 Å². The number of hydrogen-bond acceptors (Lipinski definition) is 4. The van der Waals surface area contributed by atoms with Crippen LogP contribution in [0.25, 0.3) is 0 Å². The van der Waals surface area contributed by atoms with Gasteiger partial charge in [0.15, 0.2) is 0 Å². The van der Waals surface area contributed by atoms with Gasteiger partial charge in [0.05, 0.1) is 0 Å². The smallest absolute Gasteiger partial charge is 0.252 e. The van der Waals surface area contributed by atoms with Crippen LogP contribution in [-0.4, -0.2) is 32.9 Å². The molecule has 0 spiro atoms. The van der Waals surface area contributed by atoms with E-state index < -0.39 is 10.0 Å². The van der Waals surface area contributed by atoms with Crippen LogP contribution < -0.4 is 5.32 Å². The molecule has 4 nitrogen and oxygen atoms in total. The fraction of sp³-hybridized carbons (Fsp3) is 0.600. The quantitative estimate of drug-likeness (QED) is 0.845. The summed E-state index contributed by atoms with van der Waals surface area (Å²) in [6, 6.07) is 3.54. The zero-order chi connectivity index (χ0) is 12.2. The van der Waals surface area contributed by atoms with Gasteiger partial charge in [-0.1, -0.05) is 13.8 Å². The first-order chi connectivity index (χ1) is 7.52. The minimum absolute atomic E-state index is 0.421. The van der Waals surface area contributed by atoms with E-state index in [1.165, 1.54) is 15.6 Å². The Morgan fingerprint density at radius 2 is 2.06 bits per heavy atom. The van der Waals surface area contributed by atoms with Gasteiger partial charge in [-0.05, 0) is 18.7 Å². The summed E-state index contributed by atoms with van der Waals surface area (Å²) in [5, 5.41) is 3.17. The minimum atomic E-state index is -3.27. The average molecular weight is 262 g/mol. The summed E-state index contributed by atoms with van der Waals surface area (Å²) in [5.41, 5.74) is 0. The van der Waals surface area contributed by atoms with E-state index in [1.54, 1.807) is 13.1 Å². The van der Waals surface area contributed by atoms with Gasteiger partial charge in [-0.25, -0.2) is 12.7 Å². The summed E-state index contributed by atoms with van der Waals surface area (Å²) in [4.78, 5) is 1.05. The van der Waals surface area contributed by atoms with Gasteiger partial charge in [-0.3, -0.25) is 0 Å². The molecule has 0 saturated heterocycles. The summed E-state index contributed by atoms with van der Waals surface area (Å²) in [6.45, 7) is 5.95. The zero-order valence-corrected chi connectivity index (χ0v) is 11.5. The van der Waals surface area contributed by atoms with Crippen molar-refractivity contribution >= 4 is 21.4 Å². The monoisotopic (exact) mass is 262 g/mol. The van der Waals surface area contributed by atoms with Crippen LogP contribution in [0, 0.1) is 0 Å². The summed E-state index contributed by atoms with van der Waals surface area (Å²) in [6.07, 6.45) is 0. The Morgan fingerprint density at radius 1 is 1.38 bits per heavy atom. The van der Waals surface area contributed by atoms with Crippen molar-refractivity contribution in [1.82, 2.24) is 9.62 Å². The van der Waals surface area contributed by atoms with Crippen molar-refractivity contribution in [1.29, 1.82) is 0 Å². The Balaban J connectivity index is 2.85. The van der Waals surface area contributed by atoms with E-state index in [2.05, 4.69) is 5.32 Å². The fourth-order valence-electron chi connectivity index (χ4n) is 1.16. The van der Waals surface area contributed by atoms with Gasteiger partial charge in [0.2, 0.25) is 0 Å². The van der Waals surface area contributed by atoms with Crippen molar-refractivity contribution in [2.24, 2.45) is 0 Å². The number of rotatable bonds is 6. The van der Waals surface area contributed by atoms with E-state index in [-0.39, 0.29) is 0 Å². The number of hydrogen-bond donors (Lipinski definition) is 1. The molecule has 1 aromatic rings. The van der Waals surface area contributed by atoms with Crippen LogP contribution in [0.5, 0.6) is 0 Å². The first kappa shape index (κ1) is 13.6. The molecule has 1 aromatic heterocycles. The highest BCUT2D eigenvalue weighted by molar-refractivity contribution is 7.91. The van der Waals surface area contributed by atoms with Crippen molar-refractivity contribution in [3.05, 3.63) is 17.0 Å². The summed E-state index contributed by atoms with van der Waals surface area (Å²) in [7, 11) is -1.67. The Kier molecular flexibility index (Phi) is 4.91. The standard InChI is InChI=1S/C10H18N2O2S2/c1-4-11-8-9-6-7-10(15-9)16(13,14)12(3)5-2/h6-7,11H,4-5,8H2,1-3H3. The molecule has 0 aliphatic rings. The normalized spacial score (nSPS) is 12.2. The molecule has 1 heterocycles. The van der Waals surface area contributed by atoms with Gasteiger partial charge in [0.1, 0.15) is 4.21 Å².